The number of piperidine rings is 2. The quantitative estimate of drug-likeness (QED) is 0.690. The number of carbonyl (C=O) groups is 3. The van der Waals surface area contributed by atoms with Crippen LogP contribution in [0.5, 0.6) is 0 Å². The zero-order valence-electron chi connectivity index (χ0n) is 17.2. The van der Waals surface area contributed by atoms with E-state index in [9.17, 15) is 14.4 Å². The number of carbonyl (C=O) groups excluding carboxylic acids is 3. The molecule has 5 aliphatic rings. The van der Waals surface area contributed by atoms with Crippen LogP contribution in [0.2, 0.25) is 0 Å². The highest BCUT2D eigenvalue weighted by Gasteiger charge is 2.72. The van der Waals surface area contributed by atoms with Crippen LogP contribution >= 0.6 is 0 Å². The molecule has 1 amide bonds. The van der Waals surface area contributed by atoms with Gasteiger partial charge >= 0.3 is 11.9 Å². The Labute approximate surface area is 175 Å². The number of rotatable bonds is 2. The highest BCUT2D eigenvalue weighted by Crippen LogP contribution is 2.64. The van der Waals surface area contributed by atoms with E-state index in [2.05, 4.69) is 23.1 Å². The fourth-order valence-electron chi connectivity index (χ4n) is 7.61. The first kappa shape index (κ1) is 18.4. The highest BCUT2D eigenvalue weighted by molar-refractivity contribution is 5.99. The number of fused-ring (bicyclic) bond motifs is 4. The molecule has 0 radical (unpaired) electrons. The fourth-order valence-corrected chi connectivity index (χ4v) is 7.61. The highest BCUT2D eigenvalue weighted by atomic mass is 16.6. The normalized spacial score (nSPS) is 40.6. The van der Waals surface area contributed by atoms with Gasteiger partial charge in [0.1, 0.15) is 12.2 Å². The van der Waals surface area contributed by atoms with Gasteiger partial charge in [-0.1, -0.05) is 18.2 Å². The van der Waals surface area contributed by atoms with Crippen molar-refractivity contribution in [2.75, 3.05) is 18.0 Å². The topological polar surface area (TPSA) is 76.2 Å². The maximum atomic E-state index is 13.3. The number of hydrogen-bond acceptors (Lipinski definition) is 6. The molecule has 1 unspecified atom stereocenters. The Morgan fingerprint density at radius 2 is 1.83 bits per heavy atom. The second kappa shape index (κ2) is 6.06. The molecule has 30 heavy (non-hydrogen) atoms. The first-order valence-electron chi connectivity index (χ1n) is 10.9. The summed E-state index contributed by atoms with van der Waals surface area (Å²) in [6, 6.07) is 8.54. The van der Waals surface area contributed by atoms with E-state index >= 15 is 0 Å². The maximum Gasteiger partial charge on any atom is 0.302 e. The van der Waals surface area contributed by atoms with Crippen molar-refractivity contribution in [3.05, 3.63) is 29.8 Å². The minimum Gasteiger partial charge on any atom is -0.462 e. The lowest BCUT2D eigenvalue weighted by Crippen LogP contribution is -2.71. The summed E-state index contributed by atoms with van der Waals surface area (Å²) < 4.78 is 11.6. The van der Waals surface area contributed by atoms with Crippen LogP contribution in [0, 0.1) is 11.8 Å². The third kappa shape index (κ3) is 2.16. The lowest BCUT2D eigenvalue weighted by atomic mass is 9.53. The summed E-state index contributed by atoms with van der Waals surface area (Å²) in [5.74, 6) is -0.590. The SMILES string of the molecule is CC(=O)O[C@H]1CN2CC[C@@]34c5ccccc5N5C(=O)C[C@@H](OC(C)=O)C([C@H]1C[C@H]23)[C@H]54. The molecule has 7 heteroatoms. The van der Waals surface area contributed by atoms with E-state index in [4.69, 9.17) is 9.47 Å². The van der Waals surface area contributed by atoms with Crippen LogP contribution in [-0.2, 0) is 29.3 Å². The monoisotopic (exact) mass is 410 g/mol. The minimum atomic E-state index is -0.474. The van der Waals surface area contributed by atoms with Crippen molar-refractivity contribution < 1.29 is 23.9 Å². The molecule has 1 saturated carbocycles. The van der Waals surface area contributed by atoms with E-state index in [1.807, 2.05) is 11.0 Å². The molecule has 3 saturated heterocycles. The van der Waals surface area contributed by atoms with E-state index in [-0.39, 0.29) is 53.7 Å². The van der Waals surface area contributed by atoms with Gasteiger partial charge in [-0.2, -0.15) is 0 Å². The van der Waals surface area contributed by atoms with Crippen molar-refractivity contribution in [2.24, 2.45) is 11.8 Å². The average molecular weight is 410 g/mol. The van der Waals surface area contributed by atoms with Crippen molar-refractivity contribution in [3.8, 4) is 0 Å². The van der Waals surface area contributed by atoms with Gasteiger partial charge in [0.05, 0.1) is 12.5 Å². The molecule has 0 aromatic heterocycles. The van der Waals surface area contributed by atoms with Gasteiger partial charge in [0.25, 0.3) is 0 Å². The van der Waals surface area contributed by atoms with E-state index in [0.29, 0.717) is 12.6 Å². The molecule has 0 N–H and O–H groups in total. The fraction of sp³-hybridized carbons (Fsp3) is 0.609. The molecular weight excluding hydrogens is 384 g/mol. The van der Waals surface area contributed by atoms with Gasteiger partial charge in [0.2, 0.25) is 5.91 Å². The van der Waals surface area contributed by atoms with Gasteiger partial charge in [-0.25, -0.2) is 0 Å². The summed E-state index contributed by atoms with van der Waals surface area (Å²) in [6.07, 6.45) is 1.33. The predicted molar refractivity (Wildman–Crippen MR) is 107 cm³/mol. The summed E-state index contributed by atoms with van der Waals surface area (Å²) >= 11 is 0. The molecule has 1 aliphatic carbocycles. The molecule has 4 aliphatic heterocycles. The van der Waals surface area contributed by atoms with Crippen molar-refractivity contribution >= 4 is 23.5 Å². The van der Waals surface area contributed by atoms with Gasteiger partial charge in [-0.05, 0) is 31.0 Å². The Bertz CT molecular complexity index is 963. The second-order valence-electron chi connectivity index (χ2n) is 9.50. The summed E-state index contributed by atoms with van der Waals surface area (Å²) in [5, 5.41) is 0. The van der Waals surface area contributed by atoms with Gasteiger partial charge < -0.3 is 14.4 Å². The number of nitrogens with zero attached hydrogens (tertiary/aromatic N) is 2. The van der Waals surface area contributed by atoms with Crippen LogP contribution in [0.15, 0.2) is 24.3 Å². The van der Waals surface area contributed by atoms with Crippen LogP contribution in [0.3, 0.4) is 0 Å². The molecule has 158 valence electrons. The standard InChI is InChI=1S/C23H26N2O5/c1-12(26)29-17-10-20(28)25-16-6-4-3-5-15(16)23-7-8-24-11-18(30-13(2)27)14(9-19(23)24)21(17)22(23)25/h3-6,14,17-19,21-22H,7-11H2,1-2H3/t14-,17+,18-,19-,21?,22-,23+/m0/s1. The Morgan fingerprint density at radius 1 is 1.10 bits per heavy atom. The molecule has 4 heterocycles. The third-order valence-corrected chi connectivity index (χ3v) is 8.27. The molecule has 7 atom stereocenters. The summed E-state index contributed by atoms with van der Waals surface area (Å²) in [4.78, 5) is 41.6. The number of para-hydroxylation sites is 1. The second-order valence-corrected chi connectivity index (χ2v) is 9.50. The smallest absolute Gasteiger partial charge is 0.302 e. The number of benzene rings is 1. The number of esters is 2. The van der Waals surface area contributed by atoms with E-state index in [1.165, 1.54) is 19.4 Å². The van der Waals surface area contributed by atoms with Crippen molar-refractivity contribution in [3.63, 3.8) is 0 Å². The van der Waals surface area contributed by atoms with Crippen molar-refractivity contribution in [1.29, 1.82) is 0 Å². The van der Waals surface area contributed by atoms with Crippen molar-refractivity contribution in [2.45, 2.75) is 62.8 Å². The molecule has 1 aromatic rings. The summed E-state index contributed by atoms with van der Waals surface area (Å²) in [5.41, 5.74) is 2.12. The zero-order valence-corrected chi connectivity index (χ0v) is 17.2. The van der Waals surface area contributed by atoms with Gasteiger partial charge in [0.15, 0.2) is 0 Å². The Kier molecular flexibility index (Phi) is 3.71. The minimum absolute atomic E-state index is 0.0225. The summed E-state index contributed by atoms with van der Waals surface area (Å²) in [6.45, 7) is 4.49. The predicted octanol–water partition coefficient (Wildman–Crippen LogP) is 1.63. The number of amides is 1. The molecule has 7 nitrogen and oxygen atoms in total. The van der Waals surface area contributed by atoms with Gasteiger partial charge in [-0.15, -0.1) is 0 Å². The van der Waals surface area contributed by atoms with Crippen LogP contribution in [0.25, 0.3) is 0 Å². The lowest BCUT2D eigenvalue weighted by molar-refractivity contribution is -0.177. The van der Waals surface area contributed by atoms with E-state index in [1.54, 1.807) is 0 Å². The molecule has 2 bridgehead atoms. The Balaban J connectivity index is 1.54. The van der Waals surface area contributed by atoms with Gasteiger partial charge in [-0.3, -0.25) is 19.3 Å². The number of hydrogen-bond donors (Lipinski definition) is 0. The molecule has 6 rings (SSSR count). The van der Waals surface area contributed by atoms with Crippen LogP contribution < -0.4 is 4.90 Å². The largest absolute Gasteiger partial charge is 0.462 e. The summed E-state index contributed by atoms with van der Waals surface area (Å²) in [7, 11) is 0. The maximum absolute atomic E-state index is 13.3. The molecule has 1 aromatic carbocycles. The molecular formula is C23H26N2O5. The number of anilines is 1. The average Bonchev–Trinajstić information content (AvgIpc) is 3.22. The van der Waals surface area contributed by atoms with Gasteiger partial charge in [0, 0.05) is 49.4 Å². The molecule has 1 spiro atoms. The van der Waals surface area contributed by atoms with E-state index in [0.717, 1.165) is 25.1 Å². The first-order valence-corrected chi connectivity index (χ1v) is 10.9. The third-order valence-electron chi connectivity index (χ3n) is 8.27. The van der Waals surface area contributed by atoms with Crippen molar-refractivity contribution in [1.82, 2.24) is 4.90 Å². The van der Waals surface area contributed by atoms with E-state index < -0.39 is 6.10 Å². The van der Waals surface area contributed by atoms with Crippen LogP contribution in [0.1, 0.15) is 38.7 Å². The Hall–Kier alpha value is -2.41. The first-order chi connectivity index (χ1) is 14.4. The molecule has 4 fully saturated rings. The zero-order chi connectivity index (χ0) is 20.8. The Morgan fingerprint density at radius 3 is 2.60 bits per heavy atom. The lowest BCUT2D eigenvalue weighted by Gasteiger charge is -2.59. The number of ether oxygens (including phenoxy) is 2. The van der Waals surface area contributed by atoms with Crippen LogP contribution in [0.4, 0.5) is 5.69 Å². The van der Waals surface area contributed by atoms with Crippen LogP contribution in [-0.4, -0.2) is 60.1 Å².